The number of hydrogen-bond acceptors (Lipinski definition) is 2. The number of rotatable bonds is 5. The van der Waals surface area contributed by atoms with E-state index < -0.39 is 0 Å². The minimum atomic E-state index is 0.0927. The summed E-state index contributed by atoms with van der Waals surface area (Å²) in [6, 6.07) is 0. The highest BCUT2D eigenvalue weighted by Gasteiger charge is 2.40. The Morgan fingerprint density at radius 3 is 2.94 bits per heavy atom. The molecule has 2 aliphatic heterocycles. The zero-order valence-electron chi connectivity index (χ0n) is 10.9. The average Bonchev–Trinajstić information content (AvgIpc) is 2.75. The first kappa shape index (κ1) is 13.8. The van der Waals surface area contributed by atoms with Gasteiger partial charge in [-0.05, 0) is 38.0 Å². The van der Waals surface area contributed by atoms with E-state index in [0.29, 0.717) is 4.83 Å². The fourth-order valence-electron chi connectivity index (χ4n) is 3.11. The summed E-state index contributed by atoms with van der Waals surface area (Å²) in [5.74, 6) is 0.849. The molecule has 3 heteroatoms. The van der Waals surface area contributed by atoms with Gasteiger partial charge in [-0.2, -0.15) is 0 Å². The fourth-order valence-corrected chi connectivity index (χ4v) is 3.84. The molecule has 2 fully saturated rings. The maximum Gasteiger partial charge on any atom is 0.0939 e. The van der Waals surface area contributed by atoms with Crippen LogP contribution in [0, 0.1) is 5.92 Å². The first-order chi connectivity index (χ1) is 8.24. The third kappa shape index (κ3) is 3.93. The molecule has 2 saturated heterocycles. The molecule has 2 rings (SSSR count). The molecule has 0 bridgehead atoms. The Labute approximate surface area is 114 Å². The standard InChI is InChI=1S/C14H25BrO2/c1-2-3-13(15)5-4-12-6-8-17-14(10-12)7-9-16-11-14/h12-13H,2-11H2,1H3. The van der Waals surface area contributed by atoms with Crippen LogP contribution in [0.15, 0.2) is 0 Å². The smallest absolute Gasteiger partial charge is 0.0939 e. The largest absolute Gasteiger partial charge is 0.378 e. The topological polar surface area (TPSA) is 18.5 Å². The second-order valence-corrected chi connectivity index (χ2v) is 6.95. The molecule has 0 aliphatic carbocycles. The van der Waals surface area contributed by atoms with Crippen LogP contribution in [-0.2, 0) is 9.47 Å². The van der Waals surface area contributed by atoms with Crippen molar-refractivity contribution < 1.29 is 9.47 Å². The summed E-state index contributed by atoms with van der Waals surface area (Å²) in [5.41, 5.74) is 0.0927. The van der Waals surface area contributed by atoms with Crippen LogP contribution in [-0.4, -0.2) is 30.2 Å². The number of ether oxygens (including phenoxy) is 2. The quantitative estimate of drug-likeness (QED) is 0.717. The molecule has 2 heterocycles. The summed E-state index contributed by atoms with van der Waals surface area (Å²) in [6.45, 7) is 4.92. The maximum atomic E-state index is 5.97. The van der Waals surface area contributed by atoms with Crippen LogP contribution in [0.1, 0.15) is 51.9 Å². The number of hydrogen-bond donors (Lipinski definition) is 0. The summed E-state index contributed by atoms with van der Waals surface area (Å²) in [7, 11) is 0. The normalized spacial score (nSPS) is 35.3. The van der Waals surface area contributed by atoms with Gasteiger partial charge in [0, 0.05) is 24.5 Å². The SMILES string of the molecule is CCCC(Br)CCC1CCOC2(CCOC2)C1. The van der Waals surface area contributed by atoms with Crippen LogP contribution in [0.2, 0.25) is 0 Å². The molecule has 0 saturated carbocycles. The van der Waals surface area contributed by atoms with Gasteiger partial charge in [0.25, 0.3) is 0 Å². The molecule has 3 atom stereocenters. The van der Waals surface area contributed by atoms with E-state index >= 15 is 0 Å². The molecule has 1 spiro atoms. The summed E-state index contributed by atoms with van der Waals surface area (Å²) >= 11 is 3.78. The van der Waals surface area contributed by atoms with E-state index in [1.165, 1.54) is 38.5 Å². The van der Waals surface area contributed by atoms with Crippen LogP contribution in [0.5, 0.6) is 0 Å². The summed E-state index contributed by atoms with van der Waals surface area (Å²) in [5, 5.41) is 0. The molecule has 0 aromatic heterocycles. The Hall–Kier alpha value is 0.400. The molecule has 0 aromatic carbocycles. The highest BCUT2D eigenvalue weighted by Crippen LogP contribution is 2.38. The molecular formula is C14H25BrO2. The van der Waals surface area contributed by atoms with Crippen molar-refractivity contribution in [3.8, 4) is 0 Å². The third-order valence-electron chi connectivity index (χ3n) is 4.15. The van der Waals surface area contributed by atoms with Crippen LogP contribution in [0.4, 0.5) is 0 Å². The number of halogens is 1. The monoisotopic (exact) mass is 304 g/mol. The zero-order valence-corrected chi connectivity index (χ0v) is 12.5. The van der Waals surface area contributed by atoms with Gasteiger partial charge in [0.05, 0.1) is 12.2 Å². The summed E-state index contributed by atoms with van der Waals surface area (Å²) < 4.78 is 11.5. The Kier molecular flexibility index (Phi) is 5.31. The van der Waals surface area contributed by atoms with Crippen molar-refractivity contribution in [1.29, 1.82) is 0 Å². The molecule has 2 nitrogen and oxygen atoms in total. The van der Waals surface area contributed by atoms with E-state index in [-0.39, 0.29) is 5.60 Å². The van der Waals surface area contributed by atoms with Crippen molar-refractivity contribution >= 4 is 15.9 Å². The molecular weight excluding hydrogens is 280 g/mol. The number of alkyl halides is 1. The van der Waals surface area contributed by atoms with Gasteiger partial charge >= 0.3 is 0 Å². The molecule has 0 aromatic rings. The van der Waals surface area contributed by atoms with Crippen molar-refractivity contribution in [1.82, 2.24) is 0 Å². The lowest BCUT2D eigenvalue weighted by molar-refractivity contribution is -0.0989. The van der Waals surface area contributed by atoms with E-state index in [0.717, 1.165) is 32.2 Å². The van der Waals surface area contributed by atoms with Gasteiger partial charge in [-0.25, -0.2) is 0 Å². The molecule has 0 amide bonds. The van der Waals surface area contributed by atoms with E-state index in [1.54, 1.807) is 0 Å². The molecule has 2 aliphatic rings. The summed E-state index contributed by atoms with van der Waals surface area (Å²) in [6.07, 6.45) is 8.82. The maximum absolute atomic E-state index is 5.97. The lowest BCUT2D eigenvalue weighted by Crippen LogP contribution is -2.40. The van der Waals surface area contributed by atoms with Crippen LogP contribution >= 0.6 is 15.9 Å². The van der Waals surface area contributed by atoms with Crippen LogP contribution < -0.4 is 0 Å². The molecule has 100 valence electrons. The van der Waals surface area contributed by atoms with Crippen LogP contribution in [0.25, 0.3) is 0 Å². The van der Waals surface area contributed by atoms with Crippen molar-refractivity contribution in [2.75, 3.05) is 19.8 Å². The van der Waals surface area contributed by atoms with Crippen molar-refractivity contribution in [3.05, 3.63) is 0 Å². The first-order valence-corrected chi connectivity index (χ1v) is 8.01. The molecule has 3 unspecified atom stereocenters. The van der Waals surface area contributed by atoms with Gasteiger partial charge in [0.15, 0.2) is 0 Å². The van der Waals surface area contributed by atoms with E-state index in [2.05, 4.69) is 22.9 Å². The Balaban J connectivity index is 1.74. The predicted octanol–water partition coefficient (Wildman–Crippen LogP) is 3.92. The van der Waals surface area contributed by atoms with Crippen molar-refractivity contribution in [2.24, 2.45) is 5.92 Å². The van der Waals surface area contributed by atoms with Gasteiger partial charge in [0.1, 0.15) is 0 Å². The van der Waals surface area contributed by atoms with E-state index in [1.807, 2.05) is 0 Å². The predicted molar refractivity (Wildman–Crippen MR) is 73.7 cm³/mol. The third-order valence-corrected chi connectivity index (χ3v) is 5.07. The minimum absolute atomic E-state index is 0.0927. The lowest BCUT2D eigenvalue weighted by Gasteiger charge is -2.37. The second-order valence-electron chi connectivity index (χ2n) is 5.66. The average molecular weight is 305 g/mol. The van der Waals surface area contributed by atoms with Gasteiger partial charge in [0.2, 0.25) is 0 Å². The molecule has 0 N–H and O–H groups in total. The van der Waals surface area contributed by atoms with E-state index in [4.69, 9.17) is 9.47 Å². The van der Waals surface area contributed by atoms with Gasteiger partial charge in [-0.15, -0.1) is 0 Å². The highest BCUT2D eigenvalue weighted by molar-refractivity contribution is 9.09. The van der Waals surface area contributed by atoms with Crippen LogP contribution in [0.3, 0.4) is 0 Å². The first-order valence-electron chi connectivity index (χ1n) is 7.10. The minimum Gasteiger partial charge on any atom is -0.378 e. The molecule has 0 radical (unpaired) electrons. The van der Waals surface area contributed by atoms with Gasteiger partial charge in [-0.1, -0.05) is 29.3 Å². The van der Waals surface area contributed by atoms with Crippen molar-refractivity contribution in [3.63, 3.8) is 0 Å². The van der Waals surface area contributed by atoms with Crippen molar-refractivity contribution in [2.45, 2.75) is 62.3 Å². The second kappa shape index (κ2) is 6.53. The fraction of sp³-hybridized carbons (Fsp3) is 1.00. The Morgan fingerprint density at radius 1 is 1.35 bits per heavy atom. The Bertz CT molecular complexity index is 226. The lowest BCUT2D eigenvalue weighted by atomic mass is 9.82. The zero-order chi connectivity index (χ0) is 12.1. The Morgan fingerprint density at radius 2 is 2.24 bits per heavy atom. The van der Waals surface area contributed by atoms with E-state index in [9.17, 15) is 0 Å². The highest BCUT2D eigenvalue weighted by atomic mass is 79.9. The molecule has 17 heavy (non-hydrogen) atoms. The summed E-state index contributed by atoms with van der Waals surface area (Å²) in [4.78, 5) is 0.714. The van der Waals surface area contributed by atoms with Gasteiger partial charge < -0.3 is 9.47 Å². The van der Waals surface area contributed by atoms with Gasteiger partial charge in [-0.3, -0.25) is 0 Å².